The molecule has 0 aromatic heterocycles. The molecule has 1 rings (SSSR count). The SMILES string of the molecule is CCCC(C)C(=O)Nc1ccc(NC(=O)CC(C)C)cc1. The van der Waals surface area contributed by atoms with Gasteiger partial charge in [0.15, 0.2) is 0 Å². The van der Waals surface area contributed by atoms with Crippen LogP contribution in [0, 0.1) is 11.8 Å². The number of anilines is 2. The van der Waals surface area contributed by atoms with Crippen LogP contribution in [0.2, 0.25) is 0 Å². The first-order valence-electron chi connectivity index (χ1n) is 7.63. The second-order valence-corrected chi connectivity index (χ2v) is 5.90. The van der Waals surface area contributed by atoms with E-state index in [1.807, 2.05) is 32.9 Å². The van der Waals surface area contributed by atoms with Crippen LogP contribution in [0.4, 0.5) is 11.4 Å². The van der Waals surface area contributed by atoms with Crippen LogP contribution in [-0.4, -0.2) is 11.8 Å². The summed E-state index contributed by atoms with van der Waals surface area (Å²) in [5.74, 6) is 0.399. The minimum Gasteiger partial charge on any atom is -0.326 e. The normalized spacial score (nSPS) is 12.0. The first kappa shape index (κ1) is 17.2. The van der Waals surface area contributed by atoms with E-state index in [-0.39, 0.29) is 17.7 Å². The number of rotatable bonds is 7. The third-order valence-corrected chi connectivity index (χ3v) is 3.20. The third-order valence-electron chi connectivity index (χ3n) is 3.20. The Morgan fingerprint density at radius 1 is 1.00 bits per heavy atom. The molecular weight excluding hydrogens is 264 g/mol. The molecule has 1 atom stereocenters. The van der Waals surface area contributed by atoms with E-state index in [2.05, 4.69) is 17.6 Å². The third kappa shape index (κ3) is 6.43. The van der Waals surface area contributed by atoms with Crippen molar-refractivity contribution in [3.63, 3.8) is 0 Å². The minimum absolute atomic E-state index is 0.0124. The molecule has 0 radical (unpaired) electrons. The zero-order valence-electron chi connectivity index (χ0n) is 13.4. The van der Waals surface area contributed by atoms with Crippen molar-refractivity contribution in [3.8, 4) is 0 Å². The lowest BCUT2D eigenvalue weighted by atomic mass is 10.1. The number of nitrogens with one attached hydrogen (secondary N) is 2. The quantitative estimate of drug-likeness (QED) is 0.796. The Balaban J connectivity index is 2.54. The maximum Gasteiger partial charge on any atom is 0.227 e. The molecule has 116 valence electrons. The maximum atomic E-state index is 11.9. The summed E-state index contributed by atoms with van der Waals surface area (Å²) in [6.07, 6.45) is 2.39. The molecule has 0 fully saturated rings. The lowest BCUT2D eigenvalue weighted by Gasteiger charge is -2.12. The highest BCUT2D eigenvalue weighted by atomic mass is 16.2. The van der Waals surface area contributed by atoms with Crippen LogP contribution in [-0.2, 0) is 9.59 Å². The molecule has 21 heavy (non-hydrogen) atoms. The molecule has 0 saturated carbocycles. The molecule has 4 nitrogen and oxygen atoms in total. The molecule has 1 aromatic carbocycles. The summed E-state index contributed by atoms with van der Waals surface area (Å²) in [5.41, 5.74) is 1.50. The fourth-order valence-electron chi connectivity index (χ4n) is 2.05. The van der Waals surface area contributed by atoms with Gasteiger partial charge in [-0.25, -0.2) is 0 Å². The standard InChI is InChI=1S/C17H26N2O2/c1-5-6-13(4)17(21)19-15-9-7-14(8-10-15)18-16(20)11-12(2)3/h7-10,12-13H,5-6,11H2,1-4H3,(H,18,20)(H,19,21). The monoisotopic (exact) mass is 290 g/mol. The molecule has 0 aliphatic rings. The second kappa shape index (κ2) is 8.45. The van der Waals surface area contributed by atoms with Gasteiger partial charge in [-0.3, -0.25) is 9.59 Å². The van der Waals surface area contributed by atoms with Crippen molar-refractivity contribution in [1.29, 1.82) is 0 Å². The number of carbonyl (C=O) groups excluding carboxylic acids is 2. The predicted octanol–water partition coefficient (Wildman–Crippen LogP) is 4.05. The van der Waals surface area contributed by atoms with Crippen molar-refractivity contribution < 1.29 is 9.59 Å². The average Bonchev–Trinajstić information content (AvgIpc) is 2.40. The van der Waals surface area contributed by atoms with E-state index in [4.69, 9.17) is 0 Å². The molecule has 0 aliphatic heterocycles. The Bertz CT molecular complexity index is 466. The van der Waals surface area contributed by atoms with Crippen molar-refractivity contribution in [2.24, 2.45) is 11.8 Å². The zero-order valence-corrected chi connectivity index (χ0v) is 13.4. The molecule has 0 heterocycles. The smallest absolute Gasteiger partial charge is 0.227 e. The van der Waals surface area contributed by atoms with Gasteiger partial charge in [-0.05, 0) is 36.6 Å². The Labute approximate surface area is 127 Å². The average molecular weight is 290 g/mol. The summed E-state index contributed by atoms with van der Waals surface area (Å²) >= 11 is 0. The van der Waals surface area contributed by atoms with Crippen molar-refractivity contribution >= 4 is 23.2 Å². The molecular formula is C17H26N2O2. The van der Waals surface area contributed by atoms with Gasteiger partial charge in [-0.2, -0.15) is 0 Å². The van der Waals surface area contributed by atoms with Gasteiger partial charge < -0.3 is 10.6 Å². The Hall–Kier alpha value is -1.84. The van der Waals surface area contributed by atoms with E-state index < -0.39 is 0 Å². The summed E-state index contributed by atoms with van der Waals surface area (Å²) in [5, 5.41) is 5.73. The fourth-order valence-corrected chi connectivity index (χ4v) is 2.05. The van der Waals surface area contributed by atoms with Gasteiger partial charge in [0.1, 0.15) is 0 Å². The Kier molecular flexibility index (Phi) is 6.92. The van der Waals surface area contributed by atoms with E-state index >= 15 is 0 Å². The van der Waals surface area contributed by atoms with Gasteiger partial charge in [0.25, 0.3) is 0 Å². The lowest BCUT2D eigenvalue weighted by molar-refractivity contribution is -0.119. The van der Waals surface area contributed by atoms with E-state index in [1.54, 1.807) is 12.1 Å². The van der Waals surface area contributed by atoms with Crippen LogP contribution in [0.3, 0.4) is 0 Å². The summed E-state index contributed by atoms with van der Waals surface area (Å²) < 4.78 is 0. The molecule has 1 unspecified atom stereocenters. The Morgan fingerprint density at radius 3 is 2.00 bits per heavy atom. The molecule has 0 saturated heterocycles. The van der Waals surface area contributed by atoms with Crippen molar-refractivity contribution in [3.05, 3.63) is 24.3 Å². The largest absolute Gasteiger partial charge is 0.326 e. The topological polar surface area (TPSA) is 58.2 Å². The van der Waals surface area contributed by atoms with Crippen LogP contribution in [0.1, 0.15) is 47.0 Å². The van der Waals surface area contributed by atoms with Gasteiger partial charge in [-0.1, -0.05) is 34.1 Å². The molecule has 0 aliphatic carbocycles. The molecule has 0 spiro atoms. The highest BCUT2D eigenvalue weighted by molar-refractivity contribution is 5.93. The van der Waals surface area contributed by atoms with Crippen molar-refractivity contribution in [2.75, 3.05) is 10.6 Å². The number of benzene rings is 1. The van der Waals surface area contributed by atoms with Crippen LogP contribution < -0.4 is 10.6 Å². The van der Waals surface area contributed by atoms with E-state index in [1.165, 1.54) is 0 Å². The summed E-state index contributed by atoms with van der Waals surface area (Å²) in [6.45, 7) is 8.02. The Morgan fingerprint density at radius 2 is 1.52 bits per heavy atom. The molecule has 2 amide bonds. The zero-order chi connectivity index (χ0) is 15.8. The number of carbonyl (C=O) groups is 2. The van der Waals surface area contributed by atoms with Crippen LogP contribution >= 0.6 is 0 Å². The van der Waals surface area contributed by atoms with Crippen LogP contribution in [0.15, 0.2) is 24.3 Å². The number of hydrogen-bond acceptors (Lipinski definition) is 2. The maximum absolute atomic E-state index is 11.9. The van der Waals surface area contributed by atoms with Crippen molar-refractivity contribution in [1.82, 2.24) is 0 Å². The molecule has 0 bridgehead atoms. The number of hydrogen-bond donors (Lipinski definition) is 2. The molecule has 2 N–H and O–H groups in total. The predicted molar refractivity (Wildman–Crippen MR) is 87.2 cm³/mol. The van der Waals surface area contributed by atoms with E-state index in [0.717, 1.165) is 24.2 Å². The van der Waals surface area contributed by atoms with Crippen LogP contribution in [0.25, 0.3) is 0 Å². The van der Waals surface area contributed by atoms with Gasteiger partial charge in [-0.15, -0.1) is 0 Å². The summed E-state index contributed by atoms with van der Waals surface area (Å²) in [4.78, 5) is 23.6. The van der Waals surface area contributed by atoms with Gasteiger partial charge in [0, 0.05) is 23.7 Å². The minimum atomic E-state index is 0.0124. The summed E-state index contributed by atoms with van der Waals surface area (Å²) in [7, 11) is 0. The van der Waals surface area contributed by atoms with Gasteiger partial charge in [0.05, 0.1) is 0 Å². The van der Waals surface area contributed by atoms with Crippen LogP contribution in [0.5, 0.6) is 0 Å². The highest BCUT2D eigenvalue weighted by Crippen LogP contribution is 2.16. The number of amides is 2. The van der Waals surface area contributed by atoms with Crippen molar-refractivity contribution in [2.45, 2.75) is 47.0 Å². The first-order valence-corrected chi connectivity index (χ1v) is 7.63. The highest BCUT2D eigenvalue weighted by Gasteiger charge is 2.11. The first-order chi connectivity index (χ1) is 9.92. The summed E-state index contributed by atoms with van der Waals surface area (Å²) in [6, 6.07) is 7.22. The lowest BCUT2D eigenvalue weighted by Crippen LogP contribution is -2.20. The van der Waals surface area contributed by atoms with Gasteiger partial charge in [0.2, 0.25) is 11.8 Å². The molecule has 1 aromatic rings. The molecule has 4 heteroatoms. The van der Waals surface area contributed by atoms with E-state index in [9.17, 15) is 9.59 Å². The van der Waals surface area contributed by atoms with Gasteiger partial charge >= 0.3 is 0 Å². The van der Waals surface area contributed by atoms with E-state index in [0.29, 0.717) is 12.3 Å². The fraction of sp³-hybridized carbons (Fsp3) is 0.529. The second-order valence-electron chi connectivity index (χ2n) is 5.90.